The van der Waals surface area contributed by atoms with Crippen LogP contribution in [0.25, 0.3) is 0 Å². The zero-order chi connectivity index (χ0) is 20.2. The van der Waals surface area contributed by atoms with E-state index in [1.54, 1.807) is 0 Å². The number of nitrogen functional groups attached to an aromatic ring is 1. The van der Waals surface area contributed by atoms with Crippen molar-refractivity contribution in [3.63, 3.8) is 0 Å². The Kier molecular flexibility index (Phi) is 6.15. The van der Waals surface area contributed by atoms with Gasteiger partial charge < -0.3 is 11.1 Å². The molecular weight excluding hydrogens is 404 g/mol. The molecule has 0 bridgehead atoms. The van der Waals surface area contributed by atoms with Crippen LogP contribution in [0.2, 0.25) is 0 Å². The van der Waals surface area contributed by atoms with Gasteiger partial charge in [0, 0.05) is 11.8 Å². The molecule has 152 valence electrons. The van der Waals surface area contributed by atoms with Crippen LogP contribution < -0.4 is 11.1 Å². The number of rotatable bonds is 6. The molecule has 1 aromatic carbocycles. The average molecular weight is 429 g/mol. The molecule has 0 spiro atoms. The fraction of sp³-hybridized carbons (Fsp3) is 0.450. The highest BCUT2D eigenvalue weighted by atomic mass is 32.1. The summed E-state index contributed by atoms with van der Waals surface area (Å²) in [6, 6.07) is 8.15. The van der Waals surface area contributed by atoms with E-state index in [0.29, 0.717) is 28.5 Å². The number of aryl methyl sites for hydroxylation is 1. The molecule has 7 nitrogen and oxygen atoms in total. The van der Waals surface area contributed by atoms with Crippen molar-refractivity contribution in [2.45, 2.75) is 57.3 Å². The predicted molar refractivity (Wildman–Crippen MR) is 116 cm³/mol. The molecule has 4 rings (SSSR count). The Morgan fingerprint density at radius 1 is 1.03 bits per heavy atom. The van der Waals surface area contributed by atoms with Gasteiger partial charge in [0.05, 0.1) is 6.42 Å². The molecule has 1 fully saturated rings. The Bertz CT molecular complexity index is 968. The molecule has 2 unspecified atom stereocenters. The van der Waals surface area contributed by atoms with Crippen LogP contribution in [0, 0.1) is 0 Å². The van der Waals surface area contributed by atoms with Gasteiger partial charge in [-0.25, -0.2) is 0 Å². The predicted octanol–water partition coefficient (Wildman–Crippen LogP) is 4.16. The minimum absolute atomic E-state index is 0.0668. The standard InChI is InChI=1S/C20H24N6OS2/c1-2-12-6-8-13(9-7-12)10-16(27)22-20-26-24-18(29-20)15-5-3-4-14(11-15)17-23-25-19(21)28-17/h6-9,14-15H,2-5,10-11H2,1H3,(H2,21,25)(H,22,26,27). The van der Waals surface area contributed by atoms with Gasteiger partial charge in [0.1, 0.15) is 10.0 Å². The van der Waals surface area contributed by atoms with Gasteiger partial charge in [0.25, 0.3) is 0 Å². The van der Waals surface area contributed by atoms with Crippen molar-refractivity contribution in [3.8, 4) is 0 Å². The first-order valence-corrected chi connectivity index (χ1v) is 11.5. The van der Waals surface area contributed by atoms with E-state index in [9.17, 15) is 4.79 Å². The first-order valence-electron chi connectivity index (χ1n) is 9.90. The highest BCUT2D eigenvalue weighted by Crippen LogP contribution is 2.43. The zero-order valence-electron chi connectivity index (χ0n) is 16.3. The molecule has 0 aliphatic heterocycles. The Morgan fingerprint density at radius 3 is 2.34 bits per heavy atom. The monoisotopic (exact) mass is 428 g/mol. The normalized spacial score (nSPS) is 19.2. The molecule has 0 saturated heterocycles. The summed E-state index contributed by atoms with van der Waals surface area (Å²) in [5.41, 5.74) is 8.00. The van der Waals surface area contributed by atoms with Gasteiger partial charge in [-0.2, -0.15) is 0 Å². The first-order chi connectivity index (χ1) is 14.1. The molecule has 29 heavy (non-hydrogen) atoms. The molecule has 3 aromatic rings. The molecule has 9 heteroatoms. The molecule has 0 radical (unpaired) electrons. The second kappa shape index (κ2) is 8.96. The van der Waals surface area contributed by atoms with E-state index >= 15 is 0 Å². The Hall–Kier alpha value is -2.39. The number of nitrogens with zero attached hydrogens (tertiary/aromatic N) is 4. The van der Waals surface area contributed by atoms with E-state index < -0.39 is 0 Å². The highest BCUT2D eigenvalue weighted by molar-refractivity contribution is 7.15. The van der Waals surface area contributed by atoms with E-state index in [0.717, 1.165) is 47.7 Å². The minimum atomic E-state index is -0.0668. The fourth-order valence-corrected chi connectivity index (χ4v) is 5.41. The van der Waals surface area contributed by atoms with Crippen molar-refractivity contribution in [2.75, 3.05) is 11.1 Å². The summed E-state index contributed by atoms with van der Waals surface area (Å²) < 4.78 is 0. The second-order valence-electron chi connectivity index (χ2n) is 7.38. The maximum absolute atomic E-state index is 12.4. The maximum atomic E-state index is 12.4. The van der Waals surface area contributed by atoms with Crippen molar-refractivity contribution >= 4 is 38.8 Å². The molecule has 1 amide bonds. The SMILES string of the molecule is CCc1ccc(CC(=O)Nc2nnc(C3CCCC(c4nnc(N)s4)C3)s2)cc1. The lowest BCUT2D eigenvalue weighted by molar-refractivity contribution is -0.115. The third-order valence-corrected chi connectivity index (χ3v) is 7.23. The van der Waals surface area contributed by atoms with Crippen LogP contribution in [0.15, 0.2) is 24.3 Å². The highest BCUT2D eigenvalue weighted by Gasteiger charge is 2.29. The van der Waals surface area contributed by atoms with E-state index in [1.165, 1.54) is 28.2 Å². The number of hydrogen-bond acceptors (Lipinski definition) is 8. The van der Waals surface area contributed by atoms with Crippen LogP contribution in [0.4, 0.5) is 10.3 Å². The summed E-state index contributed by atoms with van der Waals surface area (Å²) in [5.74, 6) is 0.642. The molecule has 1 aliphatic carbocycles. The number of aromatic nitrogens is 4. The summed E-state index contributed by atoms with van der Waals surface area (Å²) in [7, 11) is 0. The van der Waals surface area contributed by atoms with Gasteiger partial charge in [-0.05, 0) is 36.8 Å². The largest absolute Gasteiger partial charge is 0.374 e. The van der Waals surface area contributed by atoms with Crippen LogP contribution in [-0.4, -0.2) is 26.3 Å². The Balaban J connectivity index is 1.35. The van der Waals surface area contributed by atoms with E-state index in [-0.39, 0.29) is 5.91 Å². The molecule has 2 atom stereocenters. The number of anilines is 2. The van der Waals surface area contributed by atoms with Crippen LogP contribution in [0.5, 0.6) is 0 Å². The van der Waals surface area contributed by atoms with Crippen LogP contribution in [0.3, 0.4) is 0 Å². The average Bonchev–Trinajstić information content (AvgIpc) is 3.38. The summed E-state index contributed by atoms with van der Waals surface area (Å²) in [4.78, 5) is 12.4. The molecule has 2 aromatic heterocycles. The van der Waals surface area contributed by atoms with Gasteiger partial charge >= 0.3 is 0 Å². The first kappa shape index (κ1) is 19.9. The van der Waals surface area contributed by atoms with E-state index in [1.807, 2.05) is 12.1 Å². The number of nitrogens with two attached hydrogens (primary N) is 1. The summed E-state index contributed by atoms with van der Waals surface area (Å²) in [5, 5.41) is 22.7. The van der Waals surface area contributed by atoms with Gasteiger partial charge in [-0.3, -0.25) is 4.79 Å². The molecule has 3 N–H and O–H groups in total. The minimum Gasteiger partial charge on any atom is -0.374 e. The number of carbonyl (C=O) groups is 1. The van der Waals surface area contributed by atoms with Crippen molar-refractivity contribution in [2.24, 2.45) is 0 Å². The molecule has 2 heterocycles. The third kappa shape index (κ3) is 4.97. The summed E-state index contributed by atoms with van der Waals surface area (Å²) in [6.45, 7) is 2.12. The quantitative estimate of drug-likeness (QED) is 0.611. The smallest absolute Gasteiger partial charge is 0.230 e. The topological polar surface area (TPSA) is 107 Å². The Labute approximate surface area is 177 Å². The molecule has 1 aliphatic rings. The number of nitrogens with one attached hydrogen (secondary N) is 1. The number of benzene rings is 1. The van der Waals surface area contributed by atoms with Gasteiger partial charge in [0.2, 0.25) is 16.2 Å². The summed E-state index contributed by atoms with van der Waals surface area (Å²) in [6.07, 6.45) is 5.60. The van der Waals surface area contributed by atoms with Gasteiger partial charge in [-0.15, -0.1) is 20.4 Å². The van der Waals surface area contributed by atoms with Gasteiger partial charge in [0.15, 0.2) is 0 Å². The lowest BCUT2D eigenvalue weighted by atomic mass is 9.82. The number of carbonyl (C=O) groups excluding carboxylic acids is 1. The third-order valence-electron chi connectivity index (χ3n) is 5.31. The summed E-state index contributed by atoms with van der Waals surface area (Å²) >= 11 is 2.95. The molecule has 1 saturated carbocycles. The molecular formula is C20H24N6OS2. The van der Waals surface area contributed by atoms with Crippen molar-refractivity contribution in [1.82, 2.24) is 20.4 Å². The zero-order valence-corrected chi connectivity index (χ0v) is 17.9. The Morgan fingerprint density at radius 2 is 1.69 bits per heavy atom. The van der Waals surface area contributed by atoms with Gasteiger partial charge in [-0.1, -0.05) is 60.3 Å². The van der Waals surface area contributed by atoms with E-state index in [4.69, 9.17) is 5.73 Å². The van der Waals surface area contributed by atoms with Crippen LogP contribution >= 0.6 is 22.7 Å². The van der Waals surface area contributed by atoms with Crippen LogP contribution in [-0.2, 0) is 17.6 Å². The fourth-order valence-electron chi connectivity index (χ4n) is 3.74. The lowest BCUT2D eigenvalue weighted by Gasteiger charge is -2.25. The number of amides is 1. The maximum Gasteiger partial charge on any atom is 0.230 e. The number of hydrogen-bond donors (Lipinski definition) is 2. The lowest BCUT2D eigenvalue weighted by Crippen LogP contribution is -2.14. The van der Waals surface area contributed by atoms with Crippen molar-refractivity contribution in [3.05, 3.63) is 45.4 Å². The van der Waals surface area contributed by atoms with E-state index in [2.05, 4.69) is 44.8 Å². The van der Waals surface area contributed by atoms with Crippen LogP contribution in [0.1, 0.15) is 65.6 Å². The second-order valence-corrected chi connectivity index (χ2v) is 9.43. The van der Waals surface area contributed by atoms with Crippen molar-refractivity contribution < 1.29 is 4.79 Å². The van der Waals surface area contributed by atoms with Crippen molar-refractivity contribution in [1.29, 1.82) is 0 Å².